The van der Waals surface area contributed by atoms with Gasteiger partial charge in [0.1, 0.15) is 46.9 Å². The molecule has 1 aromatic carbocycles. The summed E-state index contributed by atoms with van der Waals surface area (Å²) in [7, 11) is 0. The summed E-state index contributed by atoms with van der Waals surface area (Å²) >= 11 is 2.65. The van der Waals surface area contributed by atoms with E-state index in [9.17, 15) is 0 Å². The first kappa shape index (κ1) is 25.3. The topological polar surface area (TPSA) is 163 Å². The number of rotatable bonds is 6. The lowest BCUT2D eigenvalue weighted by Crippen LogP contribution is -1.82. The van der Waals surface area contributed by atoms with Crippen LogP contribution < -0.4 is 0 Å². The largest absolute Gasteiger partial charge is 0.454 e. The van der Waals surface area contributed by atoms with E-state index in [4.69, 9.17) is 29.9 Å². The zero-order valence-corrected chi connectivity index (χ0v) is 22.4. The molecule has 1 N–H and O–H groups in total. The molecule has 0 spiro atoms. The van der Waals surface area contributed by atoms with Crippen molar-refractivity contribution >= 4 is 45.7 Å². The Morgan fingerprint density at radius 1 is 0.659 bits per heavy atom. The standard InChI is InChI=1S/C30H13N7O2S2/c31-11-17(12-32)9-19-15-36-29(40-19)26-5-3-24(38-26)21-1-2-23(28-22(21)7-8-35-28)25-4-6-27(39-25)30-37-16-20(41-30)10-18(13-33)14-34/h1-10,15-16,35H. The van der Waals surface area contributed by atoms with Gasteiger partial charge in [-0.05, 0) is 54.6 Å². The molecule has 0 aliphatic heterocycles. The van der Waals surface area contributed by atoms with Crippen LogP contribution in [0.15, 0.2) is 81.0 Å². The number of furan rings is 2. The maximum atomic E-state index is 8.99. The molecular weight excluding hydrogens is 555 g/mol. The molecule has 5 heterocycles. The number of nitrogens with zero attached hydrogens (tertiary/aromatic N) is 6. The van der Waals surface area contributed by atoms with Crippen molar-refractivity contribution in [2.24, 2.45) is 0 Å². The SMILES string of the molecule is N#CC(C#N)=Cc1cnc(-c2ccc(-c3ccc(-c4ccc(-c5ncc(C=C(C#N)C#N)s5)o4)c4[nH]ccc34)o2)s1. The van der Waals surface area contributed by atoms with E-state index in [1.807, 2.05) is 72.9 Å². The Bertz CT molecular complexity index is 1990. The highest BCUT2D eigenvalue weighted by Gasteiger charge is 2.18. The lowest BCUT2D eigenvalue weighted by atomic mass is 10.0. The molecule has 0 atom stereocenters. The molecule has 0 saturated heterocycles. The maximum absolute atomic E-state index is 8.99. The van der Waals surface area contributed by atoms with Crippen molar-refractivity contribution in [3.8, 4) is 68.5 Å². The van der Waals surface area contributed by atoms with Crippen LogP contribution in [0.1, 0.15) is 9.75 Å². The summed E-state index contributed by atoms with van der Waals surface area (Å²) in [5.74, 6) is 2.47. The predicted octanol–water partition coefficient (Wildman–Crippen LogP) is 7.80. The lowest BCUT2D eigenvalue weighted by molar-refractivity contribution is 0.596. The predicted molar refractivity (Wildman–Crippen MR) is 154 cm³/mol. The normalized spacial score (nSPS) is 10.3. The fourth-order valence-corrected chi connectivity index (χ4v) is 5.81. The molecule has 9 nitrogen and oxygen atoms in total. The third-order valence-electron chi connectivity index (χ3n) is 5.99. The van der Waals surface area contributed by atoms with E-state index in [-0.39, 0.29) is 11.1 Å². The van der Waals surface area contributed by atoms with Crippen LogP contribution in [0.3, 0.4) is 0 Å². The number of aromatic nitrogens is 3. The minimum absolute atomic E-state index is 0.0107. The summed E-state index contributed by atoms with van der Waals surface area (Å²) in [6, 6.07) is 20.7. The van der Waals surface area contributed by atoms with Gasteiger partial charge in [0, 0.05) is 44.9 Å². The molecule has 0 amide bonds. The summed E-state index contributed by atoms with van der Waals surface area (Å²) in [6.07, 6.45) is 8.06. The molecule has 0 unspecified atom stereocenters. The molecule has 0 bridgehead atoms. The minimum atomic E-state index is 0.0107. The Labute approximate surface area is 240 Å². The Morgan fingerprint density at radius 2 is 1.15 bits per heavy atom. The zero-order chi connectivity index (χ0) is 28.3. The molecule has 0 aliphatic rings. The average molecular weight is 568 g/mol. The summed E-state index contributed by atoms with van der Waals surface area (Å²) in [4.78, 5) is 13.4. The monoisotopic (exact) mass is 567 g/mol. The molecule has 0 fully saturated rings. The average Bonchev–Trinajstić information content (AvgIpc) is 3.83. The third kappa shape index (κ3) is 4.83. The van der Waals surface area contributed by atoms with Gasteiger partial charge in [0.15, 0.2) is 21.5 Å². The van der Waals surface area contributed by atoms with E-state index in [0.717, 1.165) is 22.0 Å². The number of benzene rings is 1. The van der Waals surface area contributed by atoms with Crippen molar-refractivity contribution in [3.63, 3.8) is 0 Å². The number of nitrogens with one attached hydrogen (secondary N) is 1. The minimum Gasteiger partial charge on any atom is -0.454 e. The number of allylic oxidation sites excluding steroid dienone is 2. The smallest absolute Gasteiger partial charge is 0.163 e. The van der Waals surface area contributed by atoms with Gasteiger partial charge in [-0.25, -0.2) is 9.97 Å². The van der Waals surface area contributed by atoms with Crippen molar-refractivity contribution < 1.29 is 8.83 Å². The van der Waals surface area contributed by atoms with Crippen LogP contribution in [0.2, 0.25) is 0 Å². The number of H-pyrrole nitrogens is 1. The van der Waals surface area contributed by atoms with Crippen LogP contribution in [0.4, 0.5) is 0 Å². The molecule has 6 rings (SSSR count). The maximum Gasteiger partial charge on any atom is 0.163 e. The van der Waals surface area contributed by atoms with Crippen molar-refractivity contribution in [2.45, 2.75) is 0 Å². The molecule has 11 heteroatoms. The number of fused-ring (bicyclic) bond motifs is 1. The number of aromatic amines is 1. The molecular formula is C30H13N7O2S2. The van der Waals surface area contributed by atoms with Gasteiger partial charge in [-0.2, -0.15) is 21.0 Å². The summed E-state index contributed by atoms with van der Waals surface area (Å²) in [6.45, 7) is 0. The number of hydrogen-bond donors (Lipinski definition) is 1. The molecule has 5 aromatic heterocycles. The van der Waals surface area contributed by atoms with Crippen LogP contribution in [0, 0.1) is 45.3 Å². The number of hydrogen-bond acceptors (Lipinski definition) is 10. The van der Waals surface area contributed by atoms with Crippen LogP contribution in [-0.2, 0) is 0 Å². The van der Waals surface area contributed by atoms with Gasteiger partial charge in [-0.3, -0.25) is 0 Å². The third-order valence-corrected chi connectivity index (χ3v) is 7.91. The lowest BCUT2D eigenvalue weighted by Gasteiger charge is -2.05. The highest BCUT2D eigenvalue weighted by Crippen LogP contribution is 2.39. The van der Waals surface area contributed by atoms with E-state index in [1.54, 1.807) is 12.4 Å². The first-order valence-electron chi connectivity index (χ1n) is 11.9. The molecule has 41 heavy (non-hydrogen) atoms. The Balaban J connectivity index is 1.29. The molecule has 192 valence electrons. The summed E-state index contributed by atoms with van der Waals surface area (Å²) < 4.78 is 12.3. The van der Waals surface area contributed by atoms with Crippen LogP contribution >= 0.6 is 22.7 Å². The summed E-state index contributed by atoms with van der Waals surface area (Å²) in [5.41, 5.74) is 2.65. The van der Waals surface area contributed by atoms with Crippen LogP contribution in [-0.4, -0.2) is 15.0 Å². The van der Waals surface area contributed by atoms with E-state index < -0.39 is 0 Å². The zero-order valence-electron chi connectivity index (χ0n) is 20.7. The Morgan fingerprint density at radius 3 is 1.68 bits per heavy atom. The second kappa shape index (κ2) is 10.6. The quantitative estimate of drug-likeness (QED) is 0.199. The molecule has 6 aromatic rings. The van der Waals surface area contributed by atoms with E-state index in [0.29, 0.717) is 42.8 Å². The molecule has 0 saturated carbocycles. The fraction of sp³-hybridized carbons (Fsp3) is 0. The van der Waals surface area contributed by atoms with E-state index >= 15 is 0 Å². The van der Waals surface area contributed by atoms with Gasteiger partial charge in [0.2, 0.25) is 0 Å². The van der Waals surface area contributed by atoms with Gasteiger partial charge >= 0.3 is 0 Å². The first-order valence-corrected chi connectivity index (χ1v) is 13.5. The van der Waals surface area contributed by atoms with Gasteiger partial charge < -0.3 is 13.8 Å². The highest BCUT2D eigenvalue weighted by molar-refractivity contribution is 7.16. The Hall–Kier alpha value is -5.98. The van der Waals surface area contributed by atoms with Crippen molar-refractivity contribution in [1.29, 1.82) is 21.0 Å². The van der Waals surface area contributed by atoms with Gasteiger partial charge in [-0.1, -0.05) is 0 Å². The van der Waals surface area contributed by atoms with Crippen LogP contribution in [0.25, 0.3) is 67.2 Å². The Kier molecular flexibility index (Phi) is 6.57. The second-order valence-electron chi connectivity index (χ2n) is 8.45. The van der Waals surface area contributed by atoms with Crippen molar-refractivity contribution in [2.75, 3.05) is 0 Å². The molecule has 0 radical (unpaired) electrons. The highest BCUT2D eigenvalue weighted by atomic mass is 32.1. The van der Waals surface area contributed by atoms with E-state index in [1.165, 1.54) is 34.8 Å². The molecule has 0 aliphatic carbocycles. The van der Waals surface area contributed by atoms with Gasteiger partial charge in [-0.15, -0.1) is 22.7 Å². The number of nitriles is 4. The van der Waals surface area contributed by atoms with Crippen molar-refractivity contribution in [3.05, 3.63) is 82.0 Å². The fourth-order valence-electron chi connectivity index (χ4n) is 4.17. The van der Waals surface area contributed by atoms with Crippen LogP contribution in [0.5, 0.6) is 0 Å². The van der Waals surface area contributed by atoms with Gasteiger partial charge in [0.05, 0.1) is 5.52 Å². The van der Waals surface area contributed by atoms with E-state index in [2.05, 4.69) is 15.0 Å². The second-order valence-corrected chi connectivity index (χ2v) is 10.6. The van der Waals surface area contributed by atoms with Crippen molar-refractivity contribution in [1.82, 2.24) is 15.0 Å². The first-order chi connectivity index (χ1) is 20.1. The van der Waals surface area contributed by atoms with Gasteiger partial charge in [0.25, 0.3) is 0 Å². The summed E-state index contributed by atoms with van der Waals surface area (Å²) in [5, 5.41) is 38.2. The number of thiazole rings is 2.